The maximum absolute atomic E-state index is 13.1. The summed E-state index contributed by atoms with van der Waals surface area (Å²) in [5.41, 5.74) is 4.28. The average Bonchev–Trinajstić information content (AvgIpc) is 3.41. The molecule has 7 heteroatoms. The number of aromatic amines is 1. The fraction of sp³-hybridized carbons (Fsp3) is 0.524. The second kappa shape index (κ2) is 7.41. The molecule has 0 saturated carbocycles. The molecule has 1 aliphatic carbocycles. The highest BCUT2D eigenvalue weighted by Crippen LogP contribution is 2.44. The van der Waals surface area contributed by atoms with Gasteiger partial charge in [-0.1, -0.05) is 12.1 Å². The number of benzene rings is 1. The quantitative estimate of drug-likeness (QED) is 0.857. The molecule has 1 aromatic heterocycles. The van der Waals surface area contributed by atoms with Crippen molar-refractivity contribution in [3.8, 4) is 5.75 Å². The topological polar surface area (TPSA) is 61.5 Å². The molecule has 1 N–H and O–H groups in total. The lowest BCUT2D eigenvalue weighted by atomic mass is 9.89. The maximum atomic E-state index is 13.1. The Kier molecular flexibility index (Phi) is 5.10. The van der Waals surface area contributed by atoms with Crippen molar-refractivity contribution in [2.75, 3.05) is 33.8 Å². The van der Waals surface area contributed by atoms with Gasteiger partial charge in [-0.2, -0.15) is 5.10 Å². The van der Waals surface area contributed by atoms with E-state index in [-0.39, 0.29) is 18.3 Å². The lowest BCUT2D eigenvalue weighted by Crippen LogP contribution is -2.34. The molecule has 2 aliphatic heterocycles. The van der Waals surface area contributed by atoms with Gasteiger partial charge in [0, 0.05) is 42.9 Å². The van der Waals surface area contributed by atoms with Gasteiger partial charge in [0.15, 0.2) is 5.69 Å². The van der Waals surface area contributed by atoms with Gasteiger partial charge in [0.25, 0.3) is 5.91 Å². The van der Waals surface area contributed by atoms with Gasteiger partial charge >= 0.3 is 0 Å². The van der Waals surface area contributed by atoms with Crippen LogP contribution in [-0.2, 0) is 12.8 Å². The van der Waals surface area contributed by atoms with Crippen LogP contribution < -0.4 is 4.74 Å². The molecule has 1 aromatic carbocycles. The van der Waals surface area contributed by atoms with E-state index in [2.05, 4.69) is 34.3 Å². The summed E-state index contributed by atoms with van der Waals surface area (Å²) in [5, 5.41) is 7.42. The Hall–Kier alpha value is -2.05. The van der Waals surface area contributed by atoms with E-state index in [4.69, 9.17) is 4.74 Å². The summed E-state index contributed by atoms with van der Waals surface area (Å²) in [6.07, 6.45) is 3.12. The van der Waals surface area contributed by atoms with Gasteiger partial charge in [-0.15, -0.1) is 12.4 Å². The Morgan fingerprint density at radius 3 is 2.71 bits per heavy atom. The highest BCUT2D eigenvalue weighted by Gasteiger charge is 2.47. The van der Waals surface area contributed by atoms with Gasteiger partial charge in [-0.3, -0.25) is 14.8 Å². The minimum Gasteiger partial charge on any atom is -0.497 e. The molecule has 3 heterocycles. The van der Waals surface area contributed by atoms with Crippen LogP contribution in [0.25, 0.3) is 0 Å². The minimum absolute atomic E-state index is 0. The van der Waals surface area contributed by atoms with Gasteiger partial charge in [-0.05, 0) is 49.9 Å². The lowest BCUT2D eigenvalue weighted by Gasteiger charge is -2.27. The Bertz CT molecular complexity index is 866. The number of hydrogen-bond acceptors (Lipinski definition) is 4. The average molecular weight is 403 g/mol. The van der Waals surface area contributed by atoms with Crippen LogP contribution in [0.1, 0.15) is 39.8 Å². The monoisotopic (exact) mass is 402 g/mol. The molecule has 3 atom stereocenters. The van der Waals surface area contributed by atoms with Gasteiger partial charge in [0.2, 0.25) is 0 Å². The number of H-pyrrole nitrogens is 1. The lowest BCUT2D eigenvalue weighted by molar-refractivity contribution is 0.0761. The number of carbonyl (C=O) groups is 1. The first-order valence-corrected chi connectivity index (χ1v) is 9.85. The number of likely N-dealkylation sites (tertiary alicyclic amines) is 2. The van der Waals surface area contributed by atoms with E-state index in [1.54, 1.807) is 7.11 Å². The molecular weight excluding hydrogens is 376 g/mol. The van der Waals surface area contributed by atoms with E-state index in [0.29, 0.717) is 23.6 Å². The summed E-state index contributed by atoms with van der Waals surface area (Å²) in [6, 6.07) is 8.73. The predicted octanol–water partition coefficient (Wildman–Crippen LogP) is 2.70. The molecule has 0 spiro atoms. The standard InChI is InChI=1S/C21H26N4O2.ClH/c1-24-10-14-11-25(21(26)19-16-4-3-5-18(16)22-23-19)12-17(14)20(24)13-6-8-15(27-2)9-7-13;/h6-9,14,17,20H,3-5,10-12H2,1-2H3,(H,22,23);1H/t14-,17+,20+;/m0./s1. The molecule has 0 radical (unpaired) electrons. The number of halogens is 1. The third kappa shape index (κ3) is 2.99. The molecular formula is C21H27ClN4O2. The molecule has 150 valence electrons. The van der Waals surface area contributed by atoms with E-state index in [1.165, 1.54) is 5.56 Å². The Labute approximate surface area is 171 Å². The number of rotatable bonds is 3. The molecule has 1 amide bonds. The fourth-order valence-electron chi connectivity index (χ4n) is 5.37. The first-order valence-electron chi connectivity index (χ1n) is 9.85. The number of aryl methyl sites for hydroxylation is 1. The van der Waals surface area contributed by atoms with Crippen molar-refractivity contribution >= 4 is 18.3 Å². The summed E-state index contributed by atoms with van der Waals surface area (Å²) < 4.78 is 5.30. The van der Waals surface area contributed by atoms with Crippen LogP contribution in [0.15, 0.2) is 24.3 Å². The van der Waals surface area contributed by atoms with E-state index in [9.17, 15) is 4.79 Å². The van der Waals surface area contributed by atoms with Gasteiger partial charge in [-0.25, -0.2) is 0 Å². The van der Waals surface area contributed by atoms with Crippen molar-refractivity contribution in [1.82, 2.24) is 20.0 Å². The van der Waals surface area contributed by atoms with Crippen LogP contribution in [0.5, 0.6) is 5.75 Å². The third-order valence-electron chi connectivity index (χ3n) is 6.65. The number of carbonyl (C=O) groups excluding carboxylic acids is 1. The van der Waals surface area contributed by atoms with Crippen molar-refractivity contribution < 1.29 is 9.53 Å². The molecule has 3 aliphatic rings. The van der Waals surface area contributed by atoms with Crippen molar-refractivity contribution in [1.29, 1.82) is 0 Å². The number of aromatic nitrogens is 2. The summed E-state index contributed by atoms with van der Waals surface area (Å²) in [4.78, 5) is 17.6. The molecule has 2 saturated heterocycles. The van der Waals surface area contributed by atoms with E-state index in [1.807, 2.05) is 17.0 Å². The van der Waals surface area contributed by atoms with Crippen molar-refractivity contribution in [2.45, 2.75) is 25.3 Å². The van der Waals surface area contributed by atoms with Crippen LogP contribution in [0, 0.1) is 11.8 Å². The highest BCUT2D eigenvalue weighted by molar-refractivity contribution is 5.94. The number of ether oxygens (including phenoxy) is 1. The maximum Gasteiger partial charge on any atom is 0.274 e. The largest absolute Gasteiger partial charge is 0.497 e. The van der Waals surface area contributed by atoms with Crippen molar-refractivity contribution in [3.05, 3.63) is 46.8 Å². The van der Waals surface area contributed by atoms with Crippen LogP contribution >= 0.6 is 12.4 Å². The molecule has 28 heavy (non-hydrogen) atoms. The summed E-state index contributed by atoms with van der Waals surface area (Å²) in [7, 11) is 3.89. The smallest absolute Gasteiger partial charge is 0.274 e. The first-order chi connectivity index (χ1) is 13.2. The van der Waals surface area contributed by atoms with E-state index < -0.39 is 0 Å². The summed E-state index contributed by atoms with van der Waals surface area (Å²) in [6.45, 7) is 2.68. The van der Waals surface area contributed by atoms with Crippen LogP contribution in [-0.4, -0.2) is 59.7 Å². The van der Waals surface area contributed by atoms with E-state index in [0.717, 1.165) is 55.9 Å². The summed E-state index contributed by atoms with van der Waals surface area (Å²) >= 11 is 0. The van der Waals surface area contributed by atoms with Crippen LogP contribution in [0.4, 0.5) is 0 Å². The molecule has 0 unspecified atom stereocenters. The van der Waals surface area contributed by atoms with E-state index >= 15 is 0 Å². The Balaban J connectivity index is 0.00000192. The number of fused-ring (bicyclic) bond motifs is 2. The molecule has 2 fully saturated rings. The van der Waals surface area contributed by atoms with Crippen LogP contribution in [0.3, 0.4) is 0 Å². The third-order valence-corrected chi connectivity index (χ3v) is 6.65. The van der Waals surface area contributed by atoms with Gasteiger partial charge in [0.05, 0.1) is 7.11 Å². The zero-order valence-corrected chi connectivity index (χ0v) is 17.2. The molecule has 2 aromatic rings. The number of hydrogen-bond donors (Lipinski definition) is 1. The molecule has 6 nitrogen and oxygen atoms in total. The number of nitrogens with zero attached hydrogens (tertiary/aromatic N) is 3. The van der Waals surface area contributed by atoms with Gasteiger partial charge < -0.3 is 9.64 Å². The first kappa shape index (κ1) is 19.3. The second-order valence-corrected chi connectivity index (χ2v) is 8.17. The van der Waals surface area contributed by atoms with Gasteiger partial charge in [0.1, 0.15) is 5.75 Å². The normalized spacial score (nSPS) is 26.1. The fourth-order valence-corrected chi connectivity index (χ4v) is 5.37. The molecule has 5 rings (SSSR count). The van der Waals surface area contributed by atoms with Crippen molar-refractivity contribution in [2.24, 2.45) is 11.8 Å². The second-order valence-electron chi connectivity index (χ2n) is 8.17. The van der Waals surface area contributed by atoms with Crippen LogP contribution in [0.2, 0.25) is 0 Å². The SMILES string of the molecule is COc1ccc([C@@H]2[C@@H]3CN(C(=O)c4n[nH]c5c4CCC5)C[C@@H]3CN2C)cc1.Cl. The number of methoxy groups -OCH3 is 1. The summed E-state index contributed by atoms with van der Waals surface area (Å²) in [5.74, 6) is 1.99. The van der Waals surface area contributed by atoms with Crippen molar-refractivity contribution in [3.63, 3.8) is 0 Å². The zero-order chi connectivity index (χ0) is 18.5. The Morgan fingerprint density at radius 2 is 1.96 bits per heavy atom. The highest BCUT2D eigenvalue weighted by atomic mass is 35.5. The Morgan fingerprint density at radius 1 is 1.18 bits per heavy atom. The number of nitrogens with one attached hydrogen (secondary N) is 1. The zero-order valence-electron chi connectivity index (χ0n) is 16.4. The number of amides is 1. The minimum atomic E-state index is 0. The molecule has 0 bridgehead atoms. The predicted molar refractivity (Wildman–Crippen MR) is 109 cm³/mol.